The van der Waals surface area contributed by atoms with Gasteiger partial charge in [0.2, 0.25) is 5.78 Å². The van der Waals surface area contributed by atoms with Crippen LogP contribution >= 0.6 is 0 Å². The van der Waals surface area contributed by atoms with Crippen molar-refractivity contribution < 1.29 is 14.8 Å². The fourth-order valence-electron chi connectivity index (χ4n) is 2.39. The first-order valence-electron chi connectivity index (χ1n) is 6.07. The maximum atomic E-state index is 12.4. The summed E-state index contributed by atoms with van der Waals surface area (Å²) < 4.78 is 0.244. The van der Waals surface area contributed by atoms with Crippen LogP contribution in [0.3, 0.4) is 0 Å². The zero-order chi connectivity index (χ0) is 14.6. The van der Waals surface area contributed by atoms with Gasteiger partial charge in [0.05, 0.1) is 5.56 Å². The largest absolute Gasteiger partial charge is 0.425 e. The van der Waals surface area contributed by atoms with Gasteiger partial charge in [-0.05, 0) is 43.2 Å². The van der Waals surface area contributed by atoms with Crippen LogP contribution in [0.25, 0.3) is 0 Å². The summed E-state index contributed by atoms with van der Waals surface area (Å²) in [5, 5.41) is 9.71. The van der Waals surface area contributed by atoms with E-state index in [2.05, 4.69) is 0 Å². The lowest BCUT2D eigenvalue weighted by Crippen LogP contribution is -2.31. The number of ketones is 2. The predicted molar refractivity (Wildman–Crippen MR) is 70.7 cm³/mol. The minimum absolute atomic E-state index is 0.0489. The number of benzene rings is 1. The molecule has 0 fully saturated rings. The monoisotopic (exact) mass is 269 g/mol. The minimum Gasteiger partial charge on any atom is -0.425 e. The second kappa shape index (κ2) is 3.90. The van der Waals surface area contributed by atoms with Gasteiger partial charge in [-0.1, -0.05) is 0 Å². The third-order valence-electron chi connectivity index (χ3n) is 3.65. The number of carbonyl (C=O) groups excluding carboxylic acids is 2. The van der Waals surface area contributed by atoms with Crippen molar-refractivity contribution in [2.45, 2.75) is 13.8 Å². The number of pyridine rings is 1. The highest BCUT2D eigenvalue weighted by Gasteiger charge is 2.33. The molecule has 1 aromatic heterocycles. The SMILES string of the molecule is Cc1cc2c(cc1C)C(=O)c1c(ccc(=O)n1O)C2=O. The normalized spacial score (nSPS) is 13.1. The summed E-state index contributed by atoms with van der Waals surface area (Å²) in [6, 6.07) is 5.63. The zero-order valence-electron chi connectivity index (χ0n) is 10.9. The van der Waals surface area contributed by atoms with Crippen LogP contribution in [-0.2, 0) is 0 Å². The molecule has 1 N–H and O–H groups in total. The zero-order valence-corrected chi connectivity index (χ0v) is 10.9. The van der Waals surface area contributed by atoms with E-state index in [-0.39, 0.29) is 27.3 Å². The van der Waals surface area contributed by atoms with Crippen molar-refractivity contribution in [2.75, 3.05) is 0 Å². The van der Waals surface area contributed by atoms with Gasteiger partial charge >= 0.3 is 0 Å². The molecule has 2 aromatic rings. The van der Waals surface area contributed by atoms with Crippen LogP contribution in [0.5, 0.6) is 0 Å². The Hall–Kier alpha value is -2.69. The van der Waals surface area contributed by atoms with Gasteiger partial charge in [0.25, 0.3) is 5.56 Å². The van der Waals surface area contributed by atoms with Crippen LogP contribution in [0.1, 0.15) is 43.1 Å². The standard InChI is InChI=1S/C15H11NO4/c1-7-5-10-11(6-8(7)2)15(19)13-9(14(10)18)3-4-12(17)16(13)20/h3-6,20H,1-2H3. The summed E-state index contributed by atoms with van der Waals surface area (Å²) >= 11 is 0. The molecule has 1 aliphatic carbocycles. The summed E-state index contributed by atoms with van der Waals surface area (Å²) in [5.41, 5.74) is 1.35. The van der Waals surface area contributed by atoms with E-state index in [0.717, 1.165) is 17.2 Å². The highest BCUT2D eigenvalue weighted by molar-refractivity contribution is 6.27. The summed E-state index contributed by atoms with van der Waals surface area (Å²) in [7, 11) is 0. The number of rotatable bonds is 0. The third-order valence-corrected chi connectivity index (χ3v) is 3.65. The van der Waals surface area contributed by atoms with E-state index in [9.17, 15) is 19.6 Å². The number of aromatic nitrogens is 1. The van der Waals surface area contributed by atoms with Crippen molar-refractivity contribution in [3.8, 4) is 0 Å². The molecule has 0 saturated carbocycles. The van der Waals surface area contributed by atoms with Crippen LogP contribution in [0.4, 0.5) is 0 Å². The lowest BCUT2D eigenvalue weighted by atomic mass is 9.85. The molecule has 100 valence electrons. The van der Waals surface area contributed by atoms with E-state index in [0.29, 0.717) is 5.56 Å². The molecule has 0 unspecified atom stereocenters. The molecule has 20 heavy (non-hydrogen) atoms. The molecule has 0 spiro atoms. The second-order valence-corrected chi connectivity index (χ2v) is 4.89. The predicted octanol–water partition coefficient (Wildman–Crippen LogP) is 1.48. The van der Waals surface area contributed by atoms with E-state index in [1.54, 1.807) is 12.1 Å². The maximum Gasteiger partial charge on any atom is 0.283 e. The lowest BCUT2D eigenvalue weighted by Gasteiger charge is -2.19. The first kappa shape index (κ1) is 12.3. The van der Waals surface area contributed by atoms with Crippen LogP contribution in [0, 0.1) is 13.8 Å². The molecule has 1 aliphatic rings. The van der Waals surface area contributed by atoms with Crippen LogP contribution in [0.15, 0.2) is 29.1 Å². The average Bonchev–Trinajstić information content (AvgIpc) is 2.41. The van der Waals surface area contributed by atoms with E-state index < -0.39 is 11.3 Å². The molecule has 3 rings (SSSR count). The number of fused-ring (bicyclic) bond motifs is 2. The third kappa shape index (κ3) is 1.46. The Balaban J connectivity index is 2.39. The van der Waals surface area contributed by atoms with Gasteiger partial charge in [0, 0.05) is 17.2 Å². The molecule has 5 nitrogen and oxygen atoms in total. The summed E-state index contributed by atoms with van der Waals surface area (Å²) in [5.74, 6) is -0.876. The summed E-state index contributed by atoms with van der Waals surface area (Å²) in [6.07, 6.45) is 0. The Kier molecular flexibility index (Phi) is 2.41. The van der Waals surface area contributed by atoms with Gasteiger partial charge in [-0.3, -0.25) is 14.4 Å². The molecular formula is C15H11NO4. The van der Waals surface area contributed by atoms with E-state index in [4.69, 9.17) is 0 Å². The van der Waals surface area contributed by atoms with Gasteiger partial charge in [0.15, 0.2) is 5.78 Å². The van der Waals surface area contributed by atoms with Gasteiger partial charge in [-0.15, -0.1) is 4.73 Å². The van der Waals surface area contributed by atoms with E-state index in [1.165, 1.54) is 6.07 Å². The number of hydrogen-bond acceptors (Lipinski definition) is 4. The molecule has 1 aromatic carbocycles. The van der Waals surface area contributed by atoms with E-state index in [1.807, 2.05) is 13.8 Å². The van der Waals surface area contributed by atoms with Crippen molar-refractivity contribution in [3.63, 3.8) is 0 Å². The van der Waals surface area contributed by atoms with Crippen LogP contribution < -0.4 is 5.56 Å². The van der Waals surface area contributed by atoms with Crippen molar-refractivity contribution in [2.24, 2.45) is 0 Å². The van der Waals surface area contributed by atoms with Gasteiger partial charge in [-0.25, -0.2) is 0 Å². The number of carbonyl (C=O) groups is 2. The Bertz CT molecular complexity index is 846. The quantitative estimate of drug-likeness (QED) is 0.627. The fraction of sp³-hybridized carbons (Fsp3) is 0.133. The highest BCUT2D eigenvalue weighted by atomic mass is 16.5. The average molecular weight is 269 g/mol. The molecule has 0 bridgehead atoms. The van der Waals surface area contributed by atoms with Crippen molar-refractivity contribution in [1.82, 2.24) is 4.73 Å². The first-order chi connectivity index (χ1) is 9.41. The Morgan fingerprint density at radius 1 is 0.850 bits per heavy atom. The summed E-state index contributed by atoms with van der Waals surface area (Å²) in [4.78, 5) is 36.2. The molecule has 0 atom stereocenters. The van der Waals surface area contributed by atoms with Gasteiger partial charge < -0.3 is 5.21 Å². The Morgan fingerprint density at radius 2 is 1.40 bits per heavy atom. The molecular weight excluding hydrogens is 258 g/mol. The topological polar surface area (TPSA) is 76.4 Å². The van der Waals surface area contributed by atoms with E-state index >= 15 is 0 Å². The molecule has 5 heteroatoms. The number of hydrogen-bond donors (Lipinski definition) is 1. The van der Waals surface area contributed by atoms with Crippen molar-refractivity contribution in [3.05, 3.63) is 68.1 Å². The first-order valence-corrected chi connectivity index (χ1v) is 6.07. The molecule has 1 heterocycles. The van der Waals surface area contributed by atoms with Crippen LogP contribution in [0.2, 0.25) is 0 Å². The summed E-state index contributed by atoms with van der Waals surface area (Å²) in [6.45, 7) is 3.69. The second-order valence-electron chi connectivity index (χ2n) is 4.89. The molecule has 0 saturated heterocycles. The van der Waals surface area contributed by atoms with Gasteiger partial charge in [-0.2, -0.15) is 0 Å². The lowest BCUT2D eigenvalue weighted by molar-refractivity contribution is 0.0923. The number of aryl methyl sites for hydroxylation is 2. The number of nitrogens with zero attached hydrogens (tertiary/aromatic N) is 1. The molecule has 0 radical (unpaired) electrons. The van der Waals surface area contributed by atoms with Gasteiger partial charge in [0.1, 0.15) is 5.69 Å². The maximum absolute atomic E-state index is 12.4. The smallest absolute Gasteiger partial charge is 0.283 e. The Morgan fingerprint density at radius 3 is 2.00 bits per heavy atom. The molecule has 0 aliphatic heterocycles. The van der Waals surface area contributed by atoms with Crippen molar-refractivity contribution in [1.29, 1.82) is 0 Å². The Labute approximate surface area is 114 Å². The van der Waals surface area contributed by atoms with Crippen molar-refractivity contribution >= 4 is 11.6 Å². The highest BCUT2D eigenvalue weighted by Crippen LogP contribution is 2.28. The molecule has 0 amide bonds. The van der Waals surface area contributed by atoms with Crippen LogP contribution in [-0.4, -0.2) is 21.5 Å². The fourth-order valence-corrected chi connectivity index (χ4v) is 2.39. The minimum atomic E-state index is -0.739.